The van der Waals surface area contributed by atoms with Gasteiger partial charge in [-0.2, -0.15) is 0 Å². The van der Waals surface area contributed by atoms with Gasteiger partial charge < -0.3 is 4.74 Å². The van der Waals surface area contributed by atoms with Crippen LogP contribution in [0.3, 0.4) is 0 Å². The van der Waals surface area contributed by atoms with E-state index in [9.17, 15) is 9.18 Å². The molecule has 0 bridgehead atoms. The number of halogens is 1. The third-order valence-corrected chi connectivity index (χ3v) is 3.24. The van der Waals surface area contributed by atoms with E-state index in [4.69, 9.17) is 4.74 Å². The molecule has 1 saturated heterocycles. The molecule has 1 spiro atoms. The minimum Gasteiger partial charge on any atom is -0.352 e. The van der Waals surface area contributed by atoms with Crippen LogP contribution in [0.4, 0.5) is 4.39 Å². The molecule has 1 fully saturated rings. The van der Waals surface area contributed by atoms with Gasteiger partial charge in [0.15, 0.2) is 11.4 Å². The predicted octanol–water partition coefficient (Wildman–Crippen LogP) is 2.55. The molecule has 1 aromatic rings. The normalized spacial score (nSPS) is 32.1. The summed E-state index contributed by atoms with van der Waals surface area (Å²) in [5, 5.41) is 0. The number of ether oxygens (including phenoxy) is 1. The SMILES string of the molecule is O=C1C=CCCC12OC2c1ccc(F)cc1. The van der Waals surface area contributed by atoms with Gasteiger partial charge in [0.05, 0.1) is 0 Å². The number of hydrogen-bond donors (Lipinski definition) is 0. The van der Waals surface area contributed by atoms with E-state index in [0.29, 0.717) is 0 Å². The summed E-state index contributed by atoms with van der Waals surface area (Å²) < 4.78 is 18.3. The Balaban J connectivity index is 1.88. The minimum absolute atomic E-state index is 0.0353. The van der Waals surface area contributed by atoms with E-state index in [1.165, 1.54) is 12.1 Å². The second-order valence-corrected chi connectivity index (χ2v) is 4.24. The van der Waals surface area contributed by atoms with Crippen molar-refractivity contribution in [3.05, 3.63) is 47.8 Å². The lowest BCUT2D eigenvalue weighted by Gasteiger charge is -2.12. The smallest absolute Gasteiger partial charge is 0.190 e. The van der Waals surface area contributed by atoms with E-state index in [1.807, 2.05) is 6.08 Å². The largest absolute Gasteiger partial charge is 0.352 e. The lowest BCUT2D eigenvalue weighted by Crippen LogP contribution is -2.25. The van der Waals surface area contributed by atoms with Gasteiger partial charge in [-0.25, -0.2) is 4.39 Å². The highest BCUT2D eigenvalue weighted by molar-refractivity contribution is 6.00. The first-order chi connectivity index (χ1) is 7.72. The summed E-state index contributed by atoms with van der Waals surface area (Å²) in [7, 11) is 0. The first kappa shape index (κ1) is 9.73. The van der Waals surface area contributed by atoms with Gasteiger partial charge in [-0.1, -0.05) is 18.2 Å². The molecule has 3 rings (SSSR count). The van der Waals surface area contributed by atoms with Crippen molar-refractivity contribution < 1.29 is 13.9 Å². The van der Waals surface area contributed by atoms with E-state index in [1.54, 1.807) is 18.2 Å². The number of epoxide rings is 1. The predicted molar refractivity (Wildman–Crippen MR) is 56.3 cm³/mol. The Morgan fingerprint density at radius 1 is 1.31 bits per heavy atom. The van der Waals surface area contributed by atoms with Crippen LogP contribution in [0.2, 0.25) is 0 Å². The standard InChI is InChI=1S/C13H11FO2/c14-10-6-4-9(5-7-10)12-13(16-12)8-2-1-3-11(13)15/h1,3-7,12H,2,8H2. The molecule has 0 radical (unpaired) electrons. The van der Waals surface area contributed by atoms with Crippen LogP contribution in [-0.4, -0.2) is 11.4 Å². The Bertz CT molecular complexity index is 463. The van der Waals surface area contributed by atoms with Crippen molar-refractivity contribution >= 4 is 5.78 Å². The highest BCUT2D eigenvalue weighted by Gasteiger charge is 2.61. The van der Waals surface area contributed by atoms with Gasteiger partial charge in [-0.15, -0.1) is 0 Å². The minimum atomic E-state index is -0.646. The van der Waals surface area contributed by atoms with E-state index >= 15 is 0 Å². The monoisotopic (exact) mass is 218 g/mol. The number of carbonyl (C=O) groups is 1. The van der Waals surface area contributed by atoms with Crippen LogP contribution in [0.25, 0.3) is 0 Å². The van der Waals surface area contributed by atoms with Crippen molar-refractivity contribution in [2.75, 3.05) is 0 Å². The number of ketones is 1. The molecule has 2 aliphatic rings. The number of carbonyl (C=O) groups excluding carboxylic acids is 1. The van der Waals surface area contributed by atoms with Crippen LogP contribution in [0.15, 0.2) is 36.4 Å². The summed E-state index contributed by atoms with van der Waals surface area (Å²) >= 11 is 0. The summed E-state index contributed by atoms with van der Waals surface area (Å²) in [6, 6.07) is 6.16. The third-order valence-electron chi connectivity index (χ3n) is 3.24. The molecule has 16 heavy (non-hydrogen) atoms. The highest BCUT2D eigenvalue weighted by Crippen LogP contribution is 2.54. The number of allylic oxidation sites excluding steroid dienone is 1. The Morgan fingerprint density at radius 3 is 2.75 bits per heavy atom. The van der Waals surface area contributed by atoms with Gasteiger partial charge in [0, 0.05) is 0 Å². The fourth-order valence-corrected chi connectivity index (χ4v) is 2.28. The number of benzene rings is 1. The first-order valence-corrected chi connectivity index (χ1v) is 5.37. The fourth-order valence-electron chi connectivity index (χ4n) is 2.28. The maximum absolute atomic E-state index is 12.8. The Hall–Kier alpha value is -1.48. The van der Waals surface area contributed by atoms with Crippen LogP contribution < -0.4 is 0 Å². The molecule has 0 N–H and O–H groups in total. The zero-order valence-electron chi connectivity index (χ0n) is 8.65. The molecular formula is C13H11FO2. The topological polar surface area (TPSA) is 29.6 Å². The Kier molecular flexibility index (Phi) is 1.98. The summed E-state index contributed by atoms with van der Waals surface area (Å²) in [6.45, 7) is 0. The van der Waals surface area contributed by atoms with Crippen molar-refractivity contribution in [1.82, 2.24) is 0 Å². The molecular weight excluding hydrogens is 207 g/mol. The number of rotatable bonds is 1. The average Bonchev–Trinajstić information content (AvgIpc) is 3.00. The molecule has 2 unspecified atom stereocenters. The molecule has 1 aliphatic carbocycles. The molecule has 2 atom stereocenters. The molecule has 3 heteroatoms. The Morgan fingerprint density at radius 2 is 2.06 bits per heavy atom. The average molecular weight is 218 g/mol. The van der Waals surface area contributed by atoms with Gasteiger partial charge in [-0.05, 0) is 36.6 Å². The zero-order valence-corrected chi connectivity index (χ0v) is 8.65. The van der Waals surface area contributed by atoms with E-state index < -0.39 is 5.60 Å². The van der Waals surface area contributed by atoms with Crippen molar-refractivity contribution in [2.24, 2.45) is 0 Å². The summed E-state index contributed by atoms with van der Waals surface area (Å²) in [4.78, 5) is 11.7. The van der Waals surface area contributed by atoms with Gasteiger partial charge in [0.2, 0.25) is 0 Å². The molecule has 1 heterocycles. The molecule has 0 saturated carbocycles. The van der Waals surface area contributed by atoms with Crippen LogP contribution in [0.5, 0.6) is 0 Å². The van der Waals surface area contributed by atoms with Gasteiger partial charge in [0.1, 0.15) is 11.9 Å². The second-order valence-electron chi connectivity index (χ2n) is 4.24. The van der Waals surface area contributed by atoms with Crippen LogP contribution >= 0.6 is 0 Å². The molecule has 2 nitrogen and oxygen atoms in total. The van der Waals surface area contributed by atoms with Crippen LogP contribution in [0.1, 0.15) is 24.5 Å². The van der Waals surface area contributed by atoms with E-state index in [2.05, 4.69) is 0 Å². The van der Waals surface area contributed by atoms with Gasteiger partial charge >= 0.3 is 0 Å². The highest BCUT2D eigenvalue weighted by atomic mass is 19.1. The molecule has 0 amide bonds. The first-order valence-electron chi connectivity index (χ1n) is 5.37. The third kappa shape index (κ3) is 1.32. The van der Waals surface area contributed by atoms with Crippen molar-refractivity contribution in [3.8, 4) is 0 Å². The van der Waals surface area contributed by atoms with Crippen LogP contribution in [-0.2, 0) is 9.53 Å². The second kappa shape index (κ2) is 3.25. The molecule has 82 valence electrons. The summed E-state index contributed by atoms with van der Waals surface area (Å²) in [5.74, 6) is -0.235. The van der Waals surface area contributed by atoms with Crippen molar-refractivity contribution in [3.63, 3.8) is 0 Å². The summed E-state index contributed by atoms with van der Waals surface area (Å²) in [6.07, 6.45) is 4.86. The zero-order chi connectivity index (χ0) is 11.2. The molecule has 0 aromatic heterocycles. The van der Waals surface area contributed by atoms with Gasteiger partial charge in [-0.3, -0.25) is 4.79 Å². The lowest BCUT2D eigenvalue weighted by molar-refractivity contribution is -0.120. The van der Waals surface area contributed by atoms with Crippen LogP contribution in [0, 0.1) is 5.82 Å². The van der Waals surface area contributed by atoms with E-state index in [0.717, 1.165) is 18.4 Å². The summed E-state index contributed by atoms with van der Waals surface area (Å²) in [5.41, 5.74) is 0.233. The van der Waals surface area contributed by atoms with E-state index in [-0.39, 0.29) is 17.7 Å². The molecule has 1 aliphatic heterocycles. The maximum atomic E-state index is 12.8. The lowest BCUT2D eigenvalue weighted by atomic mass is 9.87. The van der Waals surface area contributed by atoms with Gasteiger partial charge in [0.25, 0.3) is 0 Å². The van der Waals surface area contributed by atoms with Crippen molar-refractivity contribution in [2.45, 2.75) is 24.5 Å². The number of hydrogen-bond acceptors (Lipinski definition) is 2. The Labute approximate surface area is 92.7 Å². The maximum Gasteiger partial charge on any atom is 0.190 e. The quantitative estimate of drug-likeness (QED) is 0.678. The fraction of sp³-hybridized carbons (Fsp3) is 0.308. The van der Waals surface area contributed by atoms with Crippen molar-refractivity contribution in [1.29, 1.82) is 0 Å². The molecule has 1 aromatic carbocycles.